The Balaban J connectivity index is 1.47. The van der Waals surface area contributed by atoms with Gasteiger partial charge in [-0.2, -0.15) is 0 Å². The van der Waals surface area contributed by atoms with Crippen LogP contribution in [0.3, 0.4) is 0 Å². The Kier molecular flexibility index (Phi) is 7.12. The van der Waals surface area contributed by atoms with Crippen molar-refractivity contribution in [2.24, 2.45) is 0 Å². The van der Waals surface area contributed by atoms with E-state index in [1.165, 1.54) is 6.07 Å². The van der Waals surface area contributed by atoms with Crippen LogP contribution >= 0.6 is 0 Å². The summed E-state index contributed by atoms with van der Waals surface area (Å²) in [6.07, 6.45) is 0.159. The first-order valence-corrected chi connectivity index (χ1v) is 11.0. The number of carboxylic acids is 1. The Morgan fingerprint density at radius 1 is 1.15 bits per heavy atom. The molecule has 0 saturated carbocycles. The molecule has 1 amide bonds. The highest BCUT2D eigenvalue weighted by molar-refractivity contribution is 5.85. The van der Waals surface area contributed by atoms with Crippen molar-refractivity contribution < 1.29 is 28.6 Å². The molecule has 1 saturated heterocycles. The molecule has 1 unspecified atom stereocenters. The third-order valence-electron chi connectivity index (χ3n) is 5.68. The van der Waals surface area contributed by atoms with Crippen LogP contribution in [0.4, 0.5) is 5.88 Å². The number of anilines is 1. The van der Waals surface area contributed by atoms with E-state index >= 15 is 0 Å². The normalized spacial score (nSPS) is 14.6. The molecule has 1 aromatic heterocycles. The number of amides is 1. The zero-order chi connectivity index (χ0) is 24.1. The number of benzene rings is 2. The number of carbonyl (C=O) groups is 2. The monoisotopic (exact) mass is 466 g/mol. The van der Waals surface area contributed by atoms with Gasteiger partial charge >= 0.3 is 5.97 Å². The molecule has 2 N–H and O–H groups in total. The summed E-state index contributed by atoms with van der Waals surface area (Å²) < 4.78 is 17.1. The second kappa shape index (κ2) is 10.4. The van der Waals surface area contributed by atoms with Crippen LogP contribution in [0.15, 0.2) is 57.7 Å². The highest BCUT2D eigenvalue weighted by atomic mass is 16.5. The molecule has 178 valence electrons. The van der Waals surface area contributed by atoms with Crippen molar-refractivity contribution in [3.8, 4) is 5.75 Å². The van der Waals surface area contributed by atoms with Gasteiger partial charge in [0.25, 0.3) is 5.91 Å². The number of carboxylic acid groups (broad SMARTS) is 1. The van der Waals surface area contributed by atoms with Gasteiger partial charge in [0.2, 0.25) is 0 Å². The maximum Gasteiger partial charge on any atom is 0.326 e. The molecule has 0 radical (unpaired) electrons. The summed E-state index contributed by atoms with van der Waals surface area (Å²) in [6.45, 7) is 3.73. The lowest BCUT2D eigenvalue weighted by atomic mass is 10.1. The van der Waals surface area contributed by atoms with E-state index in [0.29, 0.717) is 54.5 Å². The topological polar surface area (TPSA) is 118 Å². The van der Waals surface area contributed by atoms with Crippen LogP contribution in [0, 0.1) is 6.92 Å². The number of hydrogen-bond acceptors (Lipinski definition) is 7. The van der Waals surface area contributed by atoms with E-state index in [-0.39, 0.29) is 18.5 Å². The highest BCUT2D eigenvalue weighted by Gasteiger charge is 2.21. The summed E-state index contributed by atoms with van der Waals surface area (Å²) in [6, 6.07) is 12.7. The van der Waals surface area contributed by atoms with Crippen molar-refractivity contribution in [1.82, 2.24) is 5.32 Å². The van der Waals surface area contributed by atoms with E-state index in [1.807, 2.05) is 23.1 Å². The second-order valence-electron chi connectivity index (χ2n) is 8.05. The molecule has 1 aliphatic rings. The number of nitrogens with one attached hydrogen (secondary N) is 1. The summed E-state index contributed by atoms with van der Waals surface area (Å²) in [5.74, 6) is -0.855. The fourth-order valence-electron chi connectivity index (χ4n) is 3.85. The summed E-state index contributed by atoms with van der Waals surface area (Å²) in [5.41, 5.74) is 1.60. The van der Waals surface area contributed by atoms with Crippen LogP contribution in [0.2, 0.25) is 0 Å². The minimum atomic E-state index is -1.13. The number of carbonyl (C=O) groups excluding carboxylic acids is 1. The van der Waals surface area contributed by atoms with Crippen LogP contribution < -0.4 is 20.4 Å². The highest BCUT2D eigenvalue weighted by Crippen LogP contribution is 2.29. The third-order valence-corrected chi connectivity index (χ3v) is 5.68. The Morgan fingerprint density at radius 3 is 2.59 bits per heavy atom. The minimum Gasteiger partial charge on any atom is -0.483 e. The molecule has 9 heteroatoms. The number of morpholine rings is 1. The SMILES string of the molecule is Cc1c(OCC(=O)NC(Cc2ccccc2)C(=O)O)ccc2c(=O)cc(N3CCOCC3)oc12. The van der Waals surface area contributed by atoms with Crippen LogP contribution in [0.25, 0.3) is 11.0 Å². The summed E-state index contributed by atoms with van der Waals surface area (Å²) in [4.78, 5) is 38.6. The lowest BCUT2D eigenvalue weighted by Gasteiger charge is -2.27. The molecule has 1 aliphatic heterocycles. The van der Waals surface area contributed by atoms with Crippen LogP contribution in [0.5, 0.6) is 5.75 Å². The van der Waals surface area contributed by atoms with Crippen molar-refractivity contribution in [1.29, 1.82) is 0 Å². The molecule has 9 nitrogen and oxygen atoms in total. The molecule has 0 bridgehead atoms. The fourth-order valence-corrected chi connectivity index (χ4v) is 3.85. The molecule has 1 fully saturated rings. The molecular formula is C25H26N2O7. The number of aryl methyl sites for hydroxylation is 1. The third kappa shape index (κ3) is 5.37. The van der Waals surface area contributed by atoms with Crippen molar-refractivity contribution in [3.63, 3.8) is 0 Å². The largest absolute Gasteiger partial charge is 0.483 e. The fraction of sp³-hybridized carbons (Fsp3) is 0.320. The van der Waals surface area contributed by atoms with Gasteiger partial charge in [-0.3, -0.25) is 9.59 Å². The van der Waals surface area contributed by atoms with Gasteiger partial charge < -0.3 is 29.2 Å². The molecule has 34 heavy (non-hydrogen) atoms. The first-order valence-electron chi connectivity index (χ1n) is 11.0. The van der Waals surface area contributed by atoms with Gasteiger partial charge in [-0.1, -0.05) is 30.3 Å². The van der Waals surface area contributed by atoms with Gasteiger partial charge in [0, 0.05) is 31.1 Å². The average Bonchev–Trinajstić information content (AvgIpc) is 2.84. The number of hydrogen-bond donors (Lipinski definition) is 2. The number of aliphatic carboxylic acids is 1. The van der Waals surface area contributed by atoms with E-state index in [2.05, 4.69) is 5.32 Å². The number of ether oxygens (including phenoxy) is 2. The number of fused-ring (bicyclic) bond motifs is 1. The van der Waals surface area contributed by atoms with Gasteiger partial charge in [-0.25, -0.2) is 4.79 Å². The predicted octanol–water partition coefficient (Wildman–Crippen LogP) is 2.13. The van der Waals surface area contributed by atoms with Gasteiger partial charge in [-0.05, 0) is 24.6 Å². The van der Waals surface area contributed by atoms with Crippen molar-refractivity contribution >= 4 is 28.7 Å². The number of rotatable bonds is 8. The van der Waals surface area contributed by atoms with Gasteiger partial charge in [-0.15, -0.1) is 0 Å². The van der Waals surface area contributed by atoms with Crippen LogP contribution in [-0.2, 0) is 20.7 Å². The van der Waals surface area contributed by atoms with Gasteiger partial charge in [0.1, 0.15) is 17.4 Å². The van der Waals surface area contributed by atoms with Gasteiger partial charge in [0.15, 0.2) is 17.9 Å². The smallest absolute Gasteiger partial charge is 0.326 e. The molecule has 3 aromatic rings. The minimum absolute atomic E-state index is 0.159. The van der Waals surface area contributed by atoms with E-state index in [9.17, 15) is 19.5 Å². The molecule has 1 atom stereocenters. The molecule has 2 heterocycles. The first-order chi connectivity index (χ1) is 16.4. The molecule has 2 aromatic carbocycles. The molecule has 0 spiro atoms. The zero-order valence-corrected chi connectivity index (χ0v) is 18.8. The van der Waals surface area contributed by atoms with E-state index in [1.54, 1.807) is 31.2 Å². The van der Waals surface area contributed by atoms with E-state index in [0.717, 1.165) is 5.56 Å². The standard InChI is InChI=1S/C25H26N2O7/c1-16-21(33-15-22(29)26-19(25(30)31)13-17-5-3-2-4-6-17)8-7-18-20(28)14-23(34-24(16)18)27-9-11-32-12-10-27/h2-8,14,19H,9-13,15H2,1H3,(H,26,29)(H,30,31). The predicted molar refractivity (Wildman–Crippen MR) is 125 cm³/mol. The lowest BCUT2D eigenvalue weighted by molar-refractivity contribution is -0.142. The maximum absolute atomic E-state index is 12.6. The Labute approximate surface area is 195 Å². The Bertz CT molecular complexity index is 1230. The Hall–Kier alpha value is -3.85. The summed E-state index contributed by atoms with van der Waals surface area (Å²) in [7, 11) is 0. The van der Waals surface area contributed by atoms with Crippen molar-refractivity contribution in [2.45, 2.75) is 19.4 Å². The molecule has 0 aliphatic carbocycles. The summed E-state index contributed by atoms with van der Waals surface area (Å²) >= 11 is 0. The van der Waals surface area contributed by atoms with Gasteiger partial charge in [0.05, 0.1) is 18.6 Å². The lowest BCUT2D eigenvalue weighted by Crippen LogP contribution is -2.44. The maximum atomic E-state index is 12.6. The quantitative estimate of drug-likeness (QED) is 0.518. The van der Waals surface area contributed by atoms with E-state index < -0.39 is 17.9 Å². The molecule has 4 rings (SSSR count). The molecular weight excluding hydrogens is 440 g/mol. The zero-order valence-electron chi connectivity index (χ0n) is 18.8. The first kappa shape index (κ1) is 23.3. The summed E-state index contributed by atoms with van der Waals surface area (Å²) in [5, 5.41) is 12.4. The van der Waals surface area contributed by atoms with Crippen molar-refractivity contribution in [3.05, 3.63) is 69.9 Å². The van der Waals surface area contributed by atoms with E-state index in [4.69, 9.17) is 13.9 Å². The van der Waals surface area contributed by atoms with Crippen LogP contribution in [-0.4, -0.2) is 55.9 Å². The number of nitrogens with zero attached hydrogens (tertiary/aromatic N) is 1. The second-order valence-corrected chi connectivity index (χ2v) is 8.05. The average molecular weight is 466 g/mol. The van der Waals surface area contributed by atoms with Crippen molar-refractivity contribution in [2.75, 3.05) is 37.8 Å². The van der Waals surface area contributed by atoms with Crippen LogP contribution in [0.1, 0.15) is 11.1 Å². The Morgan fingerprint density at radius 2 is 1.88 bits per heavy atom.